The Labute approximate surface area is 100 Å². The number of hydrogen-bond donors (Lipinski definition) is 0. The average Bonchev–Trinajstić information content (AvgIpc) is 2.71. The molecule has 0 saturated carbocycles. The predicted octanol–water partition coefficient (Wildman–Crippen LogP) is 3.19. The van der Waals surface area contributed by atoms with Crippen LogP contribution in [0.15, 0.2) is 36.4 Å². The molecule has 0 saturated heterocycles. The molecule has 1 aromatic carbocycles. The zero-order valence-electron chi connectivity index (χ0n) is 9.73. The maximum Gasteiger partial charge on any atom is 0.165 e. The first-order chi connectivity index (χ1) is 8.24. The summed E-state index contributed by atoms with van der Waals surface area (Å²) in [5, 5.41) is 0. The average molecular weight is 223 g/mol. The van der Waals surface area contributed by atoms with Crippen LogP contribution in [0.2, 0.25) is 0 Å². The van der Waals surface area contributed by atoms with Crippen molar-refractivity contribution < 1.29 is 4.79 Å². The Morgan fingerprint density at radius 3 is 2.82 bits per heavy atom. The lowest BCUT2D eigenvalue weighted by atomic mass is 10.1. The summed E-state index contributed by atoms with van der Waals surface area (Å²) in [6.07, 6.45) is 1.40. The van der Waals surface area contributed by atoms with E-state index in [1.165, 1.54) is 5.56 Å². The fourth-order valence-electron chi connectivity index (χ4n) is 2.28. The minimum absolute atomic E-state index is 0.225. The smallest absolute Gasteiger partial charge is 0.165 e. The fraction of sp³-hybridized carbons (Fsp3) is 0.200. The van der Waals surface area contributed by atoms with Gasteiger partial charge in [0.2, 0.25) is 0 Å². The monoisotopic (exact) mass is 223 g/mol. The molecule has 0 atom stereocenters. The van der Waals surface area contributed by atoms with Crippen LogP contribution in [-0.2, 0) is 6.42 Å². The summed E-state index contributed by atoms with van der Waals surface area (Å²) in [5.41, 5.74) is 5.06. The molecule has 2 nitrogen and oxygen atoms in total. The topological polar surface area (TPSA) is 30.0 Å². The number of nitrogens with zero attached hydrogens (tertiary/aromatic N) is 1. The second-order valence-corrected chi connectivity index (χ2v) is 4.48. The van der Waals surface area contributed by atoms with Crippen molar-refractivity contribution in [2.75, 3.05) is 0 Å². The molecule has 1 aromatic heterocycles. The van der Waals surface area contributed by atoms with Crippen molar-refractivity contribution in [3.63, 3.8) is 0 Å². The Kier molecular flexibility index (Phi) is 2.29. The van der Waals surface area contributed by atoms with E-state index >= 15 is 0 Å². The third-order valence-corrected chi connectivity index (χ3v) is 3.18. The molecule has 0 fully saturated rings. The molecular formula is C15H13NO. The summed E-state index contributed by atoms with van der Waals surface area (Å²) < 4.78 is 0. The molecule has 17 heavy (non-hydrogen) atoms. The Bertz CT molecular complexity index is 602. The van der Waals surface area contributed by atoms with Gasteiger partial charge in [-0.05, 0) is 31.5 Å². The highest BCUT2D eigenvalue weighted by Gasteiger charge is 2.20. The van der Waals surface area contributed by atoms with Crippen molar-refractivity contribution >= 4 is 5.78 Å². The maximum atomic E-state index is 11.5. The normalized spacial score (nSPS) is 13.8. The van der Waals surface area contributed by atoms with Gasteiger partial charge in [0.1, 0.15) is 0 Å². The Morgan fingerprint density at radius 2 is 2.00 bits per heavy atom. The Hall–Kier alpha value is -1.96. The molecule has 0 bridgehead atoms. The third kappa shape index (κ3) is 1.76. The van der Waals surface area contributed by atoms with Crippen LogP contribution >= 0.6 is 0 Å². The van der Waals surface area contributed by atoms with E-state index in [1.54, 1.807) is 0 Å². The molecule has 3 rings (SSSR count). The second kappa shape index (κ2) is 3.81. The first-order valence-electron chi connectivity index (χ1n) is 5.84. The van der Waals surface area contributed by atoms with Gasteiger partial charge in [-0.2, -0.15) is 0 Å². The number of carbonyl (C=O) groups is 1. The number of rotatable bonds is 1. The lowest BCUT2D eigenvalue weighted by Crippen LogP contribution is -1.94. The molecule has 0 N–H and O–H groups in total. The third-order valence-electron chi connectivity index (χ3n) is 3.18. The highest BCUT2D eigenvalue weighted by atomic mass is 16.1. The van der Waals surface area contributed by atoms with Crippen LogP contribution in [-0.4, -0.2) is 10.8 Å². The van der Waals surface area contributed by atoms with Crippen LogP contribution in [0.1, 0.15) is 28.0 Å². The van der Waals surface area contributed by atoms with E-state index in [4.69, 9.17) is 0 Å². The van der Waals surface area contributed by atoms with Crippen LogP contribution in [0.5, 0.6) is 0 Å². The number of ketones is 1. The molecule has 0 radical (unpaired) electrons. The molecule has 2 aromatic rings. The summed E-state index contributed by atoms with van der Waals surface area (Å²) in [6, 6.07) is 12.1. The number of fused-ring (bicyclic) bond motifs is 1. The lowest BCUT2D eigenvalue weighted by molar-refractivity contribution is 0.0994. The molecular weight excluding hydrogens is 210 g/mol. The Morgan fingerprint density at radius 1 is 1.12 bits per heavy atom. The summed E-state index contributed by atoms with van der Waals surface area (Å²) in [7, 11) is 0. The highest BCUT2D eigenvalue weighted by Crippen LogP contribution is 2.25. The van der Waals surface area contributed by atoms with Gasteiger partial charge in [0.15, 0.2) is 5.78 Å². The largest absolute Gasteiger partial charge is 0.294 e. The van der Waals surface area contributed by atoms with Gasteiger partial charge < -0.3 is 0 Å². The van der Waals surface area contributed by atoms with Gasteiger partial charge in [0.25, 0.3) is 0 Å². The molecule has 1 aliphatic carbocycles. The van der Waals surface area contributed by atoms with Crippen molar-refractivity contribution in [2.45, 2.75) is 19.8 Å². The van der Waals surface area contributed by atoms with Crippen molar-refractivity contribution in [2.24, 2.45) is 0 Å². The SMILES string of the molecule is Cc1cccc(-c2ccc3c(n2)CCC3=O)c1. The van der Waals surface area contributed by atoms with Crippen molar-refractivity contribution in [1.29, 1.82) is 0 Å². The number of carbonyl (C=O) groups excluding carboxylic acids is 1. The summed E-state index contributed by atoms with van der Waals surface area (Å²) >= 11 is 0. The first kappa shape index (κ1) is 10.2. The molecule has 0 aliphatic heterocycles. The number of pyridine rings is 1. The van der Waals surface area contributed by atoms with Crippen molar-refractivity contribution in [3.05, 3.63) is 53.2 Å². The molecule has 0 spiro atoms. The Balaban J connectivity index is 2.09. The van der Waals surface area contributed by atoms with E-state index in [0.717, 1.165) is 28.9 Å². The van der Waals surface area contributed by atoms with Crippen molar-refractivity contribution in [1.82, 2.24) is 4.98 Å². The van der Waals surface area contributed by atoms with Crippen LogP contribution in [0.25, 0.3) is 11.3 Å². The molecule has 1 heterocycles. The van der Waals surface area contributed by atoms with Gasteiger partial charge in [-0.1, -0.05) is 23.8 Å². The van der Waals surface area contributed by atoms with Gasteiger partial charge in [-0.25, -0.2) is 0 Å². The summed E-state index contributed by atoms with van der Waals surface area (Å²) in [5.74, 6) is 0.225. The standard InChI is InChI=1S/C15H13NO/c1-10-3-2-4-11(9-10)13-6-5-12-14(16-13)7-8-15(12)17/h2-6,9H,7-8H2,1H3. The first-order valence-corrected chi connectivity index (χ1v) is 5.84. The number of aromatic nitrogens is 1. The van der Waals surface area contributed by atoms with Gasteiger partial charge in [0.05, 0.1) is 11.4 Å². The van der Waals surface area contributed by atoms with Gasteiger partial charge in [-0.15, -0.1) is 0 Å². The number of benzene rings is 1. The van der Waals surface area contributed by atoms with Crippen LogP contribution < -0.4 is 0 Å². The fourth-order valence-corrected chi connectivity index (χ4v) is 2.28. The van der Waals surface area contributed by atoms with Crippen molar-refractivity contribution in [3.8, 4) is 11.3 Å². The molecule has 0 amide bonds. The predicted molar refractivity (Wildman–Crippen MR) is 67.1 cm³/mol. The van der Waals surface area contributed by atoms with E-state index < -0.39 is 0 Å². The number of Topliss-reactive ketones (excluding diaryl/α,β-unsaturated/α-hetero) is 1. The maximum absolute atomic E-state index is 11.5. The lowest BCUT2D eigenvalue weighted by Gasteiger charge is -2.04. The van der Waals surface area contributed by atoms with E-state index in [1.807, 2.05) is 18.2 Å². The van der Waals surface area contributed by atoms with Gasteiger partial charge in [-0.3, -0.25) is 9.78 Å². The number of hydrogen-bond acceptors (Lipinski definition) is 2. The van der Waals surface area contributed by atoms with Crippen LogP contribution in [0.4, 0.5) is 0 Å². The van der Waals surface area contributed by atoms with Gasteiger partial charge in [0, 0.05) is 17.5 Å². The highest BCUT2D eigenvalue weighted by molar-refractivity contribution is 6.00. The van der Waals surface area contributed by atoms with Gasteiger partial charge >= 0.3 is 0 Å². The van der Waals surface area contributed by atoms with Crippen LogP contribution in [0, 0.1) is 6.92 Å². The molecule has 1 aliphatic rings. The zero-order chi connectivity index (χ0) is 11.8. The minimum atomic E-state index is 0.225. The van der Waals surface area contributed by atoms with Crippen LogP contribution in [0.3, 0.4) is 0 Å². The second-order valence-electron chi connectivity index (χ2n) is 4.48. The molecule has 0 unspecified atom stereocenters. The van der Waals surface area contributed by atoms with E-state index in [-0.39, 0.29) is 5.78 Å². The quantitative estimate of drug-likeness (QED) is 0.743. The van der Waals surface area contributed by atoms with E-state index in [2.05, 4.69) is 30.1 Å². The number of aryl methyl sites for hydroxylation is 2. The summed E-state index contributed by atoms with van der Waals surface area (Å²) in [4.78, 5) is 16.1. The van der Waals surface area contributed by atoms with E-state index in [9.17, 15) is 4.79 Å². The molecule has 84 valence electrons. The van der Waals surface area contributed by atoms with E-state index in [0.29, 0.717) is 6.42 Å². The summed E-state index contributed by atoms with van der Waals surface area (Å²) in [6.45, 7) is 2.07. The zero-order valence-corrected chi connectivity index (χ0v) is 9.73. The minimum Gasteiger partial charge on any atom is -0.294 e. The molecule has 2 heteroatoms.